The highest BCUT2D eigenvalue weighted by atomic mass is 16.5. The summed E-state index contributed by atoms with van der Waals surface area (Å²) in [4.78, 5) is 11.8. The van der Waals surface area contributed by atoms with Crippen molar-refractivity contribution < 1.29 is 14.6 Å². The molecule has 0 aliphatic carbocycles. The molecule has 2 rings (SSSR count). The smallest absolute Gasteiger partial charge is 0.343 e. The highest BCUT2D eigenvalue weighted by Gasteiger charge is 2.08. The molecule has 0 heterocycles. The van der Waals surface area contributed by atoms with Crippen LogP contribution in [-0.4, -0.2) is 11.1 Å². The van der Waals surface area contributed by atoms with Crippen LogP contribution < -0.4 is 4.74 Å². The van der Waals surface area contributed by atoms with Gasteiger partial charge in [0.15, 0.2) is 0 Å². The fraction of sp³-hybridized carbons (Fsp3) is 0.0714. The van der Waals surface area contributed by atoms with Gasteiger partial charge in [-0.1, -0.05) is 23.8 Å². The number of aryl methyl sites for hydroxylation is 1. The summed E-state index contributed by atoms with van der Waals surface area (Å²) in [5.41, 5.74) is 1.49. The van der Waals surface area contributed by atoms with Gasteiger partial charge in [0.25, 0.3) is 0 Å². The normalized spacial score (nSPS) is 9.94. The van der Waals surface area contributed by atoms with Gasteiger partial charge in [-0.05, 0) is 31.2 Å². The second-order valence-electron chi connectivity index (χ2n) is 3.76. The molecule has 0 aromatic heterocycles. The first kappa shape index (κ1) is 11.2. The van der Waals surface area contributed by atoms with Crippen molar-refractivity contribution in [1.29, 1.82) is 0 Å². The molecule has 0 saturated carbocycles. The van der Waals surface area contributed by atoms with Crippen LogP contribution in [0.25, 0.3) is 0 Å². The minimum absolute atomic E-state index is 0.0690. The number of hydrogen-bond donors (Lipinski definition) is 1. The molecular weight excluding hydrogens is 216 g/mol. The third-order valence-electron chi connectivity index (χ3n) is 2.28. The minimum atomic E-state index is -0.431. The van der Waals surface area contributed by atoms with Crippen LogP contribution in [0.2, 0.25) is 0 Å². The maximum Gasteiger partial charge on any atom is 0.343 e. The number of ether oxygens (including phenoxy) is 1. The van der Waals surface area contributed by atoms with Crippen LogP contribution in [0.15, 0.2) is 48.5 Å². The topological polar surface area (TPSA) is 46.5 Å². The molecule has 86 valence electrons. The third-order valence-corrected chi connectivity index (χ3v) is 2.28. The number of phenolic OH excluding ortho intramolecular Hbond substituents is 1. The molecule has 0 spiro atoms. The lowest BCUT2D eigenvalue weighted by atomic mass is 10.1. The Bertz CT molecular complexity index is 547. The lowest BCUT2D eigenvalue weighted by Crippen LogP contribution is -2.08. The zero-order chi connectivity index (χ0) is 12.3. The molecule has 2 aromatic carbocycles. The van der Waals surface area contributed by atoms with Gasteiger partial charge in [-0.3, -0.25) is 0 Å². The summed E-state index contributed by atoms with van der Waals surface area (Å²) in [6, 6.07) is 13.3. The highest BCUT2D eigenvalue weighted by Crippen LogP contribution is 2.19. The fourth-order valence-corrected chi connectivity index (χ4v) is 1.49. The van der Waals surface area contributed by atoms with Gasteiger partial charge < -0.3 is 9.84 Å². The van der Waals surface area contributed by atoms with Crippen LogP contribution >= 0.6 is 0 Å². The van der Waals surface area contributed by atoms with Gasteiger partial charge in [0.05, 0.1) is 5.56 Å². The Morgan fingerprint density at radius 2 is 1.88 bits per heavy atom. The molecule has 0 fully saturated rings. The molecule has 1 N–H and O–H groups in total. The van der Waals surface area contributed by atoms with Crippen molar-refractivity contribution in [3.8, 4) is 11.5 Å². The largest absolute Gasteiger partial charge is 0.508 e. The molecule has 17 heavy (non-hydrogen) atoms. The Hall–Kier alpha value is -2.29. The van der Waals surface area contributed by atoms with E-state index in [0.29, 0.717) is 11.3 Å². The molecule has 2 aromatic rings. The van der Waals surface area contributed by atoms with Gasteiger partial charge >= 0.3 is 5.97 Å². The Labute approximate surface area is 99.3 Å². The average molecular weight is 228 g/mol. The predicted octanol–water partition coefficient (Wildman–Crippen LogP) is 2.92. The predicted molar refractivity (Wildman–Crippen MR) is 64.2 cm³/mol. The Kier molecular flexibility index (Phi) is 3.10. The summed E-state index contributed by atoms with van der Waals surface area (Å²) in [6.45, 7) is 1.91. The van der Waals surface area contributed by atoms with Crippen LogP contribution in [0.4, 0.5) is 0 Å². The molecule has 0 atom stereocenters. The van der Waals surface area contributed by atoms with Crippen molar-refractivity contribution in [3.05, 3.63) is 59.7 Å². The second-order valence-corrected chi connectivity index (χ2v) is 3.76. The average Bonchev–Trinajstić information content (AvgIpc) is 2.29. The van der Waals surface area contributed by atoms with E-state index in [9.17, 15) is 9.90 Å². The minimum Gasteiger partial charge on any atom is -0.508 e. The maximum absolute atomic E-state index is 11.8. The Balaban J connectivity index is 2.17. The van der Waals surface area contributed by atoms with E-state index in [1.54, 1.807) is 30.3 Å². The maximum atomic E-state index is 11.8. The first-order chi connectivity index (χ1) is 8.15. The monoisotopic (exact) mass is 228 g/mol. The summed E-state index contributed by atoms with van der Waals surface area (Å²) in [6.07, 6.45) is 0. The van der Waals surface area contributed by atoms with Crippen molar-refractivity contribution in [2.24, 2.45) is 0 Å². The summed E-state index contributed by atoms with van der Waals surface area (Å²) >= 11 is 0. The van der Waals surface area contributed by atoms with E-state index in [2.05, 4.69) is 0 Å². The van der Waals surface area contributed by atoms with E-state index in [1.807, 2.05) is 13.0 Å². The van der Waals surface area contributed by atoms with E-state index >= 15 is 0 Å². The van der Waals surface area contributed by atoms with E-state index in [0.717, 1.165) is 5.56 Å². The zero-order valence-electron chi connectivity index (χ0n) is 9.38. The molecule has 3 heteroatoms. The van der Waals surface area contributed by atoms with Crippen molar-refractivity contribution in [1.82, 2.24) is 0 Å². The molecule has 3 nitrogen and oxygen atoms in total. The molecule has 0 bridgehead atoms. The molecule has 0 amide bonds. The van der Waals surface area contributed by atoms with Crippen molar-refractivity contribution in [3.63, 3.8) is 0 Å². The van der Waals surface area contributed by atoms with Gasteiger partial charge in [0, 0.05) is 6.07 Å². The number of benzene rings is 2. The van der Waals surface area contributed by atoms with E-state index in [4.69, 9.17) is 4.74 Å². The third kappa shape index (κ3) is 2.84. The number of aromatic hydroxyl groups is 1. The van der Waals surface area contributed by atoms with Crippen LogP contribution in [0.1, 0.15) is 15.9 Å². The zero-order valence-corrected chi connectivity index (χ0v) is 9.38. The number of phenols is 1. The van der Waals surface area contributed by atoms with Gasteiger partial charge in [0.2, 0.25) is 0 Å². The summed E-state index contributed by atoms with van der Waals surface area (Å²) in [7, 11) is 0. The second kappa shape index (κ2) is 4.70. The number of esters is 1. The fourth-order valence-electron chi connectivity index (χ4n) is 1.49. The molecule has 0 radical (unpaired) electrons. The standard InChI is InChI=1S/C14H12O3/c1-10-4-2-5-11(8-10)14(16)17-13-7-3-6-12(15)9-13/h2-9,15H,1H3. The molecule has 0 aliphatic rings. The van der Waals surface area contributed by atoms with Crippen LogP contribution in [0.5, 0.6) is 11.5 Å². The van der Waals surface area contributed by atoms with Crippen molar-refractivity contribution in [2.75, 3.05) is 0 Å². The lowest BCUT2D eigenvalue weighted by molar-refractivity contribution is 0.0734. The van der Waals surface area contributed by atoms with E-state index in [-0.39, 0.29) is 5.75 Å². The number of carbonyl (C=O) groups is 1. The first-order valence-electron chi connectivity index (χ1n) is 5.23. The number of rotatable bonds is 2. The quantitative estimate of drug-likeness (QED) is 0.635. The van der Waals surface area contributed by atoms with Gasteiger partial charge in [-0.2, -0.15) is 0 Å². The molecule has 0 unspecified atom stereocenters. The first-order valence-corrected chi connectivity index (χ1v) is 5.23. The van der Waals surface area contributed by atoms with Crippen LogP contribution in [0.3, 0.4) is 0 Å². The summed E-state index contributed by atoms with van der Waals surface area (Å²) in [5.74, 6) is -0.0321. The molecule has 0 saturated heterocycles. The van der Waals surface area contributed by atoms with Gasteiger partial charge in [-0.25, -0.2) is 4.79 Å². The SMILES string of the molecule is Cc1cccc(C(=O)Oc2cccc(O)c2)c1. The highest BCUT2D eigenvalue weighted by molar-refractivity contribution is 5.91. The van der Waals surface area contributed by atoms with Gasteiger partial charge in [0.1, 0.15) is 11.5 Å². The van der Waals surface area contributed by atoms with Crippen molar-refractivity contribution >= 4 is 5.97 Å². The van der Waals surface area contributed by atoms with E-state index in [1.165, 1.54) is 12.1 Å². The number of carbonyl (C=O) groups excluding carboxylic acids is 1. The number of hydrogen-bond acceptors (Lipinski definition) is 3. The Morgan fingerprint density at radius 1 is 1.12 bits per heavy atom. The summed E-state index contributed by atoms with van der Waals surface area (Å²) in [5, 5.41) is 9.25. The van der Waals surface area contributed by atoms with Crippen LogP contribution in [-0.2, 0) is 0 Å². The van der Waals surface area contributed by atoms with Crippen molar-refractivity contribution in [2.45, 2.75) is 6.92 Å². The van der Waals surface area contributed by atoms with Crippen LogP contribution in [0, 0.1) is 6.92 Å². The molecular formula is C14H12O3. The van der Waals surface area contributed by atoms with E-state index < -0.39 is 5.97 Å². The lowest BCUT2D eigenvalue weighted by Gasteiger charge is -2.05. The molecule has 0 aliphatic heterocycles. The summed E-state index contributed by atoms with van der Waals surface area (Å²) < 4.78 is 5.14. The van der Waals surface area contributed by atoms with Gasteiger partial charge in [-0.15, -0.1) is 0 Å². The Morgan fingerprint density at radius 3 is 2.59 bits per heavy atom.